The first-order valence-corrected chi connectivity index (χ1v) is 10.7. The Morgan fingerprint density at radius 2 is 1.74 bits per heavy atom. The van der Waals surface area contributed by atoms with Gasteiger partial charge in [-0.3, -0.25) is 4.79 Å². The maximum Gasteiger partial charge on any atom is 0.227 e. The van der Waals surface area contributed by atoms with Gasteiger partial charge in [0.1, 0.15) is 11.6 Å². The molecule has 0 radical (unpaired) electrons. The first-order valence-electron chi connectivity index (χ1n) is 10.7. The van der Waals surface area contributed by atoms with Crippen LogP contribution in [0.5, 0.6) is 0 Å². The average Bonchev–Trinajstić information content (AvgIpc) is 3.36. The predicted molar refractivity (Wildman–Crippen MR) is 121 cm³/mol. The maximum atomic E-state index is 14.4. The van der Waals surface area contributed by atoms with Gasteiger partial charge in [-0.1, -0.05) is 49.4 Å². The summed E-state index contributed by atoms with van der Waals surface area (Å²) >= 11 is 0. The van der Waals surface area contributed by atoms with Gasteiger partial charge in [-0.25, -0.2) is 9.37 Å². The summed E-state index contributed by atoms with van der Waals surface area (Å²) in [4.78, 5) is 19.6. The highest BCUT2D eigenvalue weighted by atomic mass is 19.1. The summed E-state index contributed by atoms with van der Waals surface area (Å²) in [6, 6.07) is 22.9. The van der Waals surface area contributed by atoms with Crippen LogP contribution in [0.4, 0.5) is 10.1 Å². The van der Waals surface area contributed by atoms with E-state index in [1.807, 2.05) is 47.4 Å². The average molecular weight is 413 g/mol. The van der Waals surface area contributed by atoms with Crippen molar-refractivity contribution in [2.45, 2.75) is 32.2 Å². The molecule has 156 valence electrons. The van der Waals surface area contributed by atoms with Crippen LogP contribution in [-0.4, -0.2) is 22.0 Å². The lowest BCUT2D eigenvalue weighted by atomic mass is 10.1. The summed E-state index contributed by atoms with van der Waals surface area (Å²) in [7, 11) is 0. The van der Waals surface area contributed by atoms with E-state index in [9.17, 15) is 9.18 Å². The van der Waals surface area contributed by atoms with Gasteiger partial charge < -0.3 is 9.47 Å². The highest BCUT2D eigenvalue weighted by molar-refractivity contribution is 5.96. The molecule has 0 spiro atoms. The lowest BCUT2D eigenvalue weighted by Gasteiger charge is -2.18. The second-order valence-electron chi connectivity index (χ2n) is 8.06. The molecule has 3 aromatic carbocycles. The number of carbonyl (C=O) groups is 1. The third kappa shape index (κ3) is 3.61. The molecule has 0 unspecified atom stereocenters. The third-order valence-corrected chi connectivity index (χ3v) is 6.12. The molecule has 0 saturated carbocycles. The minimum absolute atomic E-state index is 0.0440. The molecule has 0 bridgehead atoms. The van der Waals surface area contributed by atoms with E-state index in [4.69, 9.17) is 4.98 Å². The first kappa shape index (κ1) is 19.5. The molecule has 1 saturated heterocycles. The van der Waals surface area contributed by atoms with Gasteiger partial charge in [0.25, 0.3) is 0 Å². The molecule has 4 nitrogen and oxygen atoms in total. The van der Waals surface area contributed by atoms with Gasteiger partial charge in [0.2, 0.25) is 5.91 Å². The number of aromatic nitrogens is 2. The lowest BCUT2D eigenvalue weighted by Crippen LogP contribution is -2.24. The number of halogens is 1. The van der Waals surface area contributed by atoms with Crippen LogP contribution in [0.3, 0.4) is 0 Å². The van der Waals surface area contributed by atoms with Crippen LogP contribution < -0.4 is 4.90 Å². The number of fused-ring (bicyclic) bond motifs is 1. The topological polar surface area (TPSA) is 38.1 Å². The molecular formula is C26H24FN3O. The van der Waals surface area contributed by atoms with E-state index in [1.165, 1.54) is 11.6 Å². The molecule has 1 amide bonds. The highest BCUT2D eigenvalue weighted by Gasteiger charge is 2.35. The summed E-state index contributed by atoms with van der Waals surface area (Å²) in [6.07, 6.45) is 1.37. The van der Waals surface area contributed by atoms with Crippen LogP contribution in [0.1, 0.15) is 36.2 Å². The number of para-hydroxylation sites is 2. The van der Waals surface area contributed by atoms with Gasteiger partial charge in [0.05, 0.1) is 17.6 Å². The number of rotatable bonds is 5. The van der Waals surface area contributed by atoms with Crippen LogP contribution in [0.25, 0.3) is 11.0 Å². The van der Waals surface area contributed by atoms with Crippen molar-refractivity contribution in [1.29, 1.82) is 0 Å². The Bertz CT molecular complexity index is 1250. The SMILES string of the molecule is CCc1ccc(N2C[C@H](c3nc4ccccc4n3Cc3ccccc3F)CC2=O)cc1. The van der Waals surface area contributed by atoms with E-state index in [-0.39, 0.29) is 17.6 Å². The minimum Gasteiger partial charge on any atom is -0.323 e. The highest BCUT2D eigenvalue weighted by Crippen LogP contribution is 2.34. The molecule has 1 atom stereocenters. The number of aryl methyl sites for hydroxylation is 1. The number of nitrogens with zero attached hydrogens (tertiary/aromatic N) is 3. The van der Waals surface area contributed by atoms with Crippen LogP contribution in [0.2, 0.25) is 0 Å². The monoisotopic (exact) mass is 413 g/mol. The largest absolute Gasteiger partial charge is 0.323 e. The lowest BCUT2D eigenvalue weighted by molar-refractivity contribution is -0.117. The summed E-state index contributed by atoms with van der Waals surface area (Å²) in [5.74, 6) is 0.660. The Hall–Kier alpha value is -3.47. The van der Waals surface area contributed by atoms with Gasteiger partial charge in [0.15, 0.2) is 0 Å². The van der Waals surface area contributed by atoms with Crippen molar-refractivity contribution in [3.05, 3.63) is 95.6 Å². The van der Waals surface area contributed by atoms with Gasteiger partial charge in [-0.2, -0.15) is 0 Å². The van der Waals surface area contributed by atoms with E-state index in [0.717, 1.165) is 29.0 Å². The molecule has 1 aliphatic heterocycles. The molecule has 0 aliphatic carbocycles. The Labute approximate surface area is 181 Å². The zero-order valence-corrected chi connectivity index (χ0v) is 17.5. The summed E-state index contributed by atoms with van der Waals surface area (Å²) in [5, 5.41) is 0. The second kappa shape index (κ2) is 7.99. The van der Waals surface area contributed by atoms with Crippen LogP contribution in [0.15, 0.2) is 72.8 Å². The zero-order valence-electron chi connectivity index (χ0n) is 17.5. The minimum atomic E-state index is -0.230. The molecular weight excluding hydrogens is 389 g/mol. The predicted octanol–water partition coefficient (Wildman–Crippen LogP) is 5.31. The van der Waals surface area contributed by atoms with E-state index in [1.54, 1.807) is 12.1 Å². The van der Waals surface area contributed by atoms with Crippen molar-refractivity contribution in [3.63, 3.8) is 0 Å². The van der Waals surface area contributed by atoms with Crippen molar-refractivity contribution in [3.8, 4) is 0 Å². The fraction of sp³-hybridized carbons (Fsp3) is 0.231. The van der Waals surface area contributed by atoms with Crippen molar-refractivity contribution in [2.24, 2.45) is 0 Å². The number of amides is 1. The Morgan fingerprint density at radius 1 is 1.00 bits per heavy atom. The Morgan fingerprint density at radius 3 is 2.52 bits per heavy atom. The maximum absolute atomic E-state index is 14.4. The number of anilines is 1. The number of hydrogen-bond donors (Lipinski definition) is 0. The van der Waals surface area contributed by atoms with Crippen LogP contribution in [0, 0.1) is 5.82 Å². The smallest absolute Gasteiger partial charge is 0.227 e. The Balaban J connectivity index is 1.51. The number of benzene rings is 3. The molecule has 0 N–H and O–H groups in total. The zero-order chi connectivity index (χ0) is 21.4. The van der Waals surface area contributed by atoms with Crippen molar-refractivity contribution in [2.75, 3.05) is 11.4 Å². The molecule has 5 heteroatoms. The van der Waals surface area contributed by atoms with Gasteiger partial charge in [-0.05, 0) is 42.3 Å². The molecule has 1 aliphatic rings. The molecule has 4 aromatic rings. The molecule has 31 heavy (non-hydrogen) atoms. The molecule has 2 heterocycles. The van der Waals surface area contributed by atoms with Crippen LogP contribution >= 0.6 is 0 Å². The number of hydrogen-bond acceptors (Lipinski definition) is 2. The summed E-state index contributed by atoms with van der Waals surface area (Å²) in [6.45, 7) is 3.08. The molecule has 1 fully saturated rings. The first-order chi connectivity index (χ1) is 15.1. The number of imidazole rings is 1. The Kier molecular flexibility index (Phi) is 5.02. The van der Waals surface area contributed by atoms with Gasteiger partial charge >= 0.3 is 0 Å². The normalized spacial score (nSPS) is 16.4. The van der Waals surface area contributed by atoms with Crippen molar-refractivity contribution < 1.29 is 9.18 Å². The summed E-state index contributed by atoms with van der Waals surface area (Å²) < 4.78 is 16.5. The van der Waals surface area contributed by atoms with Crippen LogP contribution in [-0.2, 0) is 17.8 Å². The second-order valence-corrected chi connectivity index (χ2v) is 8.06. The summed E-state index contributed by atoms with van der Waals surface area (Å²) in [5.41, 5.74) is 4.61. The molecule has 1 aromatic heterocycles. The van der Waals surface area contributed by atoms with Crippen molar-refractivity contribution in [1.82, 2.24) is 9.55 Å². The molecule has 5 rings (SSSR count). The van der Waals surface area contributed by atoms with Crippen molar-refractivity contribution >= 4 is 22.6 Å². The van der Waals surface area contributed by atoms with Gasteiger partial charge in [-0.15, -0.1) is 0 Å². The number of carbonyl (C=O) groups excluding carboxylic acids is 1. The van der Waals surface area contributed by atoms with E-state index in [0.29, 0.717) is 25.1 Å². The van der Waals surface area contributed by atoms with E-state index in [2.05, 4.69) is 23.6 Å². The quantitative estimate of drug-likeness (QED) is 0.445. The third-order valence-electron chi connectivity index (χ3n) is 6.12. The standard InChI is InChI=1S/C26H24FN3O/c1-2-18-11-13-21(14-12-18)29-17-20(15-25(29)31)26-28-23-9-5-6-10-24(23)30(26)16-19-7-3-4-8-22(19)27/h3-14,20H,2,15-17H2,1H3/t20-/m1/s1. The van der Waals surface area contributed by atoms with E-state index >= 15 is 0 Å². The fourth-order valence-corrected chi connectivity index (χ4v) is 4.41. The fourth-order valence-electron chi connectivity index (χ4n) is 4.41. The van der Waals surface area contributed by atoms with E-state index < -0.39 is 0 Å². The van der Waals surface area contributed by atoms with Gasteiger partial charge in [0, 0.05) is 30.1 Å².